The van der Waals surface area contributed by atoms with Gasteiger partial charge in [0.05, 0.1) is 16.9 Å². The number of thiophene rings is 1. The van der Waals surface area contributed by atoms with Crippen LogP contribution in [0.15, 0.2) is 29.1 Å². The van der Waals surface area contributed by atoms with Gasteiger partial charge in [0.15, 0.2) is 0 Å². The van der Waals surface area contributed by atoms with E-state index in [-0.39, 0.29) is 17.3 Å². The van der Waals surface area contributed by atoms with Crippen LogP contribution in [0.5, 0.6) is 5.75 Å². The lowest BCUT2D eigenvalue weighted by atomic mass is 10.2. The molecule has 134 valence electrons. The van der Waals surface area contributed by atoms with E-state index in [1.165, 1.54) is 22.2 Å². The Morgan fingerprint density at radius 3 is 2.92 bits per heavy atom. The molecule has 0 amide bonds. The van der Waals surface area contributed by atoms with Gasteiger partial charge in [0, 0.05) is 4.88 Å². The van der Waals surface area contributed by atoms with Gasteiger partial charge in [-0.3, -0.25) is 9.59 Å². The van der Waals surface area contributed by atoms with Gasteiger partial charge < -0.3 is 9.72 Å². The number of aromatic amines is 1. The first-order valence-corrected chi connectivity index (χ1v) is 10.5. The second-order valence-electron chi connectivity index (χ2n) is 6.33. The molecule has 7 heteroatoms. The molecule has 4 rings (SSSR count). The van der Waals surface area contributed by atoms with Crippen molar-refractivity contribution in [1.29, 1.82) is 0 Å². The first-order valence-electron chi connectivity index (χ1n) is 8.48. The Bertz CT molecular complexity index is 1020. The third-order valence-corrected chi connectivity index (χ3v) is 6.44. The van der Waals surface area contributed by atoms with Crippen molar-refractivity contribution in [3.63, 3.8) is 0 Å². The van der Waals surface area contributed by atoms with Crippen molar-refractivity contribution in [2.75, 3.05) is 5.75 Å². The zero-order valence-corrected chi connectivity index (χ0v) is 16.0. The summed E-state index contributed by atoms with van der Waals surface area (Å²) >= 11 is 3.01. The summed E-state index contributed by atoms with van der Waals surface area (Å²) in [5.74, 6) is 1.52. The Labute approximate surface area is 158 Å². The topological polar surface area (TPSA) is 72.0 Å². The molecule has 2 heterocycles. The lowest BCUT2D eigenvalue weighted by Crippen LogP contribution is -2.13. The number of hydrogen-bond donors (Lipinski definition) is 1. The van der Waals surface area contributed by atoms with E-state index in [0.29, 0.717) is 17.3 Å². The fourth-order valence-corrected chi connectivity index (χ4v) is 5.05. The number of esters is 1. The normalized spacial score (nSPS) is 13.1. The van der Waals surface area contributed by atoms with Gasteiger partial charge in [-0.15, -0.1) is 23.1 Å². The maximum absolute atomic E-state index is 12.4. The van der Waals surface area contributed by atoms with Crippen LogP contribution in [0.3, 0.4) is 0 Å². The van der Waals surface area contributed by atoms with E-state index in [1.807, 2.05) is 19.1 Å². The summed E-state index contributed by atoms with van der Waals surface area (Å²) in [6, 6.07) is 7.36. The number of aryl methyl sites for hydroxylation is 3. The largest absolute Gasteiger partial charge is 0.426 e. The molecule has 0 unspecified atom stereocenters. The monoisotopic (exact) mass is 386 g/mol. The maximum Gasteiger partial charge on any atom is 0.321 e. The van der Waals surface area contributed by atoms with Gasteiger partial charge >= 0.3 is 5.97 Å². The minimum Gasteiger partial charge on any atom is -0.426 e. The molecule has 2 aromatic heterocycles. The summed E-state index contributed by atoms with van der Waals surface area (Å²) in [4.78, 5) is 33.9. The summed E-state index contributed by atoms with van der Waals surface area (Å²) in [5, 5.41) is 0.759. The minimum atomic E-state index is -0.308. The van der Waals surface area contributed by atoms with Crippen molar-refractivity contribution in [3.05, 3.63) is 56.4 Å². The number of fused-ring (bicyclic) bond motifs is 3. The molecule has 0 radical (unpaired) electrons. The molecule has 26 heavy (non-hydrogen) atoms. The van der Waals surface area contributed by atoms with Gasteiger partial charge in [0.1, 0.15) is 16.4 Å². The predicted octanol–water partition coefficient (Wildman–Crippen LogP) is 3.62. The van der Waals surface area contributed by atoms with E-state index >= 15 is 0 Å². The highest BCUT2D eigenvalue weighted by Crippen LogP contribution is 2.34. The fraction of sp³-hybridized carbons (Fsp3) is 0.316. The van der Waals surface area contributed by atoms with E-state index in [2.05, 4.69) is 9.97 Å². The highest BCUT2D eigenvalue weighted by atomic mass is 32.2. The van der Waals surface area contributed by atoms with E-state index in [0.717, 1.165) is 35.0 Å². The summed E-state index contributed by atoms with van der Waals surface area (Å²) in [6.45, 7) is 1.98. The minimum absolute atomic E-state index is 0.0627. The summed E-state index contributed by atoms with van der Waals surface area (Å²) in [6.07, 6.45) is 3.14. The predicted molar refractivity (Wildman–Crippen MR) is 105 cm³/mol. The standard InChI is InChI=1S/C19H18N2O3S2/c1-11-5-7-12(8-6-11)24-16(22)10-25-9-15-20-18(23)17-13-3-2-4-14(13)26-19(17)21-15/h5-8H,2-4,9-10H2,1H3,(H,20,21,23). The molecular weight excluding hydrogens is 368 g/mol. The summed E-state index contributed by atoms with van der Waals surface area (Å²) < 4.78 is 5.29. The molecule has 0 saturated carbocycles. The van der Waals surface area contributed by atoms with Crippen LogP contribution >= 0.6 is 23.1 Å². The third-order valence-electron chi connectivity index (χ3n) is 4.34. The molecule has 1 aliphatic rings. The molecule has 0 aliphatic heterocycles. The Morgan fingerprint density at radius 1 is 1.31 bits per heavy atom. The Hall–Kier alpha value is -2.12. The number of benzene rings is 1. The molecule has 0 saturated heterocycles. The van der Waals surface area contributed by atoms with Gasteiger partial charge in [-0.1, -0.05) is 17.7 Å². The quantitative estimate of drug-likeness (QED) is 0.536. The fourth-order valence-electron chi connectivity index (χ4n) is 3.11. The van der Waals surface area contributed by atoms with Crippen molar-refractivity contribution in [2.24, 2.45) is 0 Å². The number of nitrogens with one attached hydrogen (secondary N) is 1. The number of aromatic nitrogens is 2. The van der Waals surface area contributed by atoms with Gasteiger partial charge in [-0.25, -0.2) is 4.98 Å². The first-order chi connectivity index (χ1) is 12.6. The van der Waals surface area contributed by atoms with Gasteiger partial charge in [-0.2, -0.15) is 0 Å². The summed E-state index contributed by atoms with van der Waals surface area (Å²) in [7, 11) is 0. The molecule has 0 spiro atoms. The summed E-state index contributed by atoms with van der Waals surface area (Å²) in [5.41, 5.74) is 2.23. The van der Waals surface area contributed by atoms with Crippen LogP contribution in [0.2, 0.25) is 0 Å². The third kappa shape index (κ3) is 3.54. The smallest absolute Gasteiger partial charge is 0.321 e. The molecular formula is C19H18N2O3S2. The molecule has 0 atom stereocenters. The van der Waals surface area contributed by atoms with E-state index < -0.39 is 0 Å². The number of thioether (sulfide) groups is 1. The van der Waals surface area contributed by atoms with Crippen molar-refractivity contribution >= 4 is 39.3 Å². The van der Waals surface area contributed by atoms with E-state index in [9.17, 15) is 9.59 Å². The Balaban J connectivity index is 1.38. The van der Waals surface area contributed by atoms with Crippen molar-refractivity contribution in [2.45, 2.75) is 31.9 Å². The van der Waals surface area contributed by atoms with Crippen LogP contribution < -0.4 is 10.3 Å². The van der Waals surface area contributed by atoms with Crippen LogP contribution in [0.25, 0.3) is 10.2 Å². The van der Waals surface area contributed by atoms with Crippen LogP contribution in [-0.2, 0) is 23.4 Å². The van der Waals surface area contributed by atoms with Crippen molar-refractivity contribution in [1.82, 2.24) is 9.97 Å². The number of hydrogen-bond acceptors (Lipinski definition) is 6. The molecule has 3 aromatic rings. The van der Waals surface area contributed by atoms with Crippen LogP contribution in [0.4, 0.5) is 0 Å². The van der Waals surface area contributed by atoms with Gasteiger partial charge in [0.25, 0.3) is 5.56 Å². The second kappa shape index (κ2) is 7.25. The first kappa shape index (κ1) is 17.3. The molecule has 5 nitrogen and oxygen atoms in total. The van der Waals surface area contributed by atoms with E-state index in [4.69, 9.17) is 4.74 Å². The number of carbonyl (C=O) groups excluding carboxylic acids is 1. The Morgan fingerprint density at radius 2 is 2.12 bits per heavy atom. The van der Waals surface area contributed by atoms with Crippen molar-refractivity contribution in [3.8, 4) is 5.75 Å². The van der Waals surface area contributed by atoms with Crippen LogP contribution in [0.1, 0.15) is 28.2 Å². The van der Waals surface area contributed by atoms with Gasteiger partial charge in [-0.05, 0) is 43.9 Å². The molecule has 1 aliphatic carbocycles. The highest BCUT2D eigenvalue weighted by Gasteiger charge is 2.21. The lowest BCUT2D eigenvalue weighted by molar-refractivity contribution is -0.131. The lowest BCUT2D eigenvalue weighted by Gasteiger charge is -2.05. The molecule has 1 N–H and O–H groups in total. The van der Waals surface area contributed by atoms with E-state index in [1.54, 1.807) is 23.5 Å². The Kier molecular flexibility index (Phi) is 4.82. The average Bonchev–Trinajstić information content (AvgIpc) is 3.17. The highest BCUT2D eigenvalue weighted by molar-refractivity contribution is 7.99. The van der Waals surface area contributed by atoms with Gasteiger partial charge in [0.2, 0.25) is 0 Å². The number of carbonyl (C=O) groups is 1. The maximum atomic E-state index is 12.4. The number of ether oxygens (including phenoxy) is 1. The number of H-pyrrole nitrogens is 1. The van der Waals surface area contributed by atoms with Crippen LogP contribution in [0, 0.1) is 6.92 Å². The van der Waals surface area contributed by atoms with Crippen LogP contribution in [-0.4, -0.2) is 21.7 Å². The van der Waals surface area contributed by atoms with Crippen molar-refractivity contribution < 1.29 is 9.53 Å². The molecule has 0 bridgehead atoms. The zero-order valence-electron chi connectivity index (χ0n) is 14.3. The SMILES string of the molecule is Cc1ccc(OC(=O)CSCc2nc3sc4c(c3c(=O)[nH]2)CCC4)cc1. The molecule has 1 aromatic carbocycles. The second-order valence-corrected chi connectivity index (χ2v) is 8.40. The zero-order chi connectivity index (χ0) is 18.1. The molecule has 0 fully saturated rings. The number of rotatable bonds is 5. The average molecular weight is 386 g/mol. The number of nitrogens with zero attached hydrogens (tertiary/aromatic N) is 1.